The van der Waals surface area contributed by atoms with E-state index in [9.17, 15) is 18.0 Å². The van der Waals surface area contributed by atoms with Gasteiger partial charge in [0.25, 0.3) is 15.9 Å². The molecule has 1 N–H and O–H groups in total. The largest absolute Gasteiger partial charge is 0.341 e. The fourth-order valence-electron chi connectivity index (χ4n) is 6.34. The van der Waals surface area contributed by atoms with E-state index in [0.29, 0.717) is 35.3 Å². The van der Waals surface area contributed by atoms with Crippen LogP contribution in [0.2, 0.25) is 0 Å². The van der Waals surface area contributed by atoms with Gasteiger partial charge in [0.2, 0.25) is 11.8 Å². The molecule has 248 valence electrons. The van der Waals surface area contributed by atoms with Crippen LogP contribution in [0.5, 0.6) is 0 Å². The van der Waals surface area contributed by atoms with Crippen LogP contribution >= 0.6 is 0 Å². The van der Waals surface area contributed by atoms with Crippen LogP contribution in [-0.4, -0.2) is 53.6 Å². The highest BCUT2D eigenvalue weighted by Crippen LogP contribution is 2.40. The maximum atomic E-state index is 13.8. The molecule has 2 aliphatic rings. The van der Waals surface area contributed by atoms with E-state index in [2.05, 4.69) is 22.7 Å². The van der Waals surface area contributed by atoms with Gasteiger partial charge in [-0.25, -0.2) is 13.1 Å². The maximum Gasteiger partial charge on any atom is 0.264 e. The van der Waals surface area contributed by atoms with Gasteiger partial charge in [-0.3, -0.25) is 19.5 Å². The molecule has 1 saturated carbocycles. The van der Waals surface area contributed by atoms with Crippen molar-refractivity contribution >= 4 is 33.6 Å². The number of terminal acetylenes is 1. The number of nitrogens with one attached hydrogen (secondary N) is 1. The Morgan fingerprint density at radius 3 is 2.57 bits per heavy atom. The molecule has 10 nitrogen and oxygen atoms in total. The Hall–Kier alpha value is -4.43. The van der Waals surface area contributed by atoms with E-state index in [1.807, 2.05) is 23.1 Å². The summed E-state index contributed by atoms with van der Waals surface area (Å²) in [6.45, 7) is 6.15. The summed E-state index contributed by atoms with van der Waals surface area (Å²) in [4.78, 5) is 35.3. The number of aliphatic imine (C=N–C) groups is 1. The predicted octanol–water partition coefficient (Wildman–Crippen LogP) is 6.37. The van der Waals surface area contributed by atoms with E-state index in [1.54, 1.807) is 44.0 Å². The molecule has 2 aromatic carbocycles. The van der Waals surface area contributed by atoms with Crippen molar-refractivity contribution in [3.8, 4) is 23.5 Å². The zero-order valence-corrected chi connectivity index (χ0v) is 28.5. The summed E-state index contributed by atoms with van der Waals surface area (Å²) in [7, 11) is -2.39. The lowest BCUT2D eigenvalue weighted by atomic mass is 9.96. The van der Waals surface area contributed by atoms with Crippen LogP contribution < -0.4 is 4.72 Å². The highest BCUT2D eigenvalue weighted by atomic mass is 32.2. The number of sulfonamides is 1. The molecule has 0 bridgehead atoms. The van der Waals surface area contributed by atoms with Gasteiger partial charge in [-0.2, -0.15) is 0 Å². The molecule has 0 radical (unpaired) electrons. The fourth-order valence-corrected chi connectivity index (χ4v) is 7.61. The molecule has 1 spiro atoms. The smallest absolute Gasteiger partial charge is 0.264 e. The molecule has 3 aromatic rings. The molecule has 1 aliphatic heterocycles. The number of carbonyl (C=O) groups excluding carboxylic acids is 2. The third kappa shape index (κ3) is 7.13. The first-order chi connectivity index (χ1) is 22.5. The average Bonchev–Trinajstić information content (AvgIpc) is 3.73. The van der Waals surface area contributed by atoms with Gasteiger partial charge in [-0.1, -0.05) is 67.7 Å². The van der Waals surface area contributed by atoms with E-state index >= 15 is 0 Å². The van der Waals surface area contributed by atoms with Gasteiger partial charge in [0.1, 0.15) is 11.4 Å². The average molecular weight is 658 g/mol. The molecule has 0 unspecified atom stereocenters. The van der Waals surface area contributed by atoms with Gasteiger partial charge >= 0.3 is 0 Å². The molecule has 0 atom stereocenters. The summed E-state index contributed by atoms with van der Waals surface area (Å²) >= 11 is 0. The minimum Gasteiger partial charge on any atom is -0.341 e. The molecular formula is C36H43N5O5S. The number of rotatable bonds is 13. The first-order valence-corrected chi connectivity index (χ1v) is 17.7. The number of benzene rings is 2. The molecule has 47 heavy (non-hydrogen) atoms. The Morgan fingerprint density at radius 1 is 1.15 bits per heavy atom. The quantitative estimate of drug-likeness (QED) is 0.213. The number of unbranched alkanes of at least 4 members (excludes halogenated alkanes) is 1. The number of carbonyl (C=O) groups is 2. The number of amides is 2. The SMILES string of the molecule is C#CCCC(=O)N(C)Cc1cc(CN2C(=O)C3(CCCC3)N=C2CCCC)ccc1-c1ccccc1S(=O)(=O)Nc1onc(C)c1C. The topological polar surface area (TPSA) is 125 Å². The Balaban J connectivity index is 1.53. The standard InChI is InChI=1S/C36H43N5O5S/c1-6-8-16-32-37-36(20-12-13-21-36)35(43)41(32)23-27-18-19-29(28(22-27)24-40(5)33(42)17-9-7-2)30-14-10-11-15-31(30)47(44,45)39-34-25(3)26(4)38-46-34/h2,10-11,14-15,18-19,22,39H,6,8-9,12-13,16-17,20-21,23-24H2,1,3-5H3. The minimum atomic E-state index is -4.10. The Morgan fingerprint density at radius 2 is 1.89 bits per heavy atom. The van der Waals surface area contributed by atoms with Crippen molar-refractivity contribution in [1.29, 1.82) is 0 Å². The predicted molar refractivity (Wildman–Crippen MR) is 182 cm³/mol. The number of hydrogen-bond donors (Lipinski definition) is 1. The lowest BCUT2D eigenvalue weighted by molar-refractivity contribution is -0.131. The van der Waals surface area contributed by atoms with Gasteiger partial charge in [-0.05, 0) is 55.9 Å². The first kappa shape index (κ1) is 33.9. The van der Waals surface area contributed by atoms with Gasteiger partial charge in [0.05, 0.1) is 17.1 Å². The second-order valence-corrected chi connectivity index (χ2v) is 14.2. The number of anilines is 1. The number of hydrogen-bond acceptors (Lipinski definition) is 7. The first-order valence-electron chi connectivity index (χ1n) is 16.2. The van der Waals surface area contributed by atoms with Crippen molar-refractivity contribution in [2.45, 2.75) is 102 Å². The van der Waals surface area contributed by atoms with Crippen LogP contribution in [0.4, 0.5) is 5.88 Å². The van der Waals surface area contributed by atoms with Gasteiger partial charge in [-0.15, -0.1) is 12.3 Å². The molecule has 11 heteroatoms. The van der Waals surface area contributed by atoms with E-state index in [1.165, 1.54) is 6.07 Å². The Labute approximate surface area is 277 Å². The number of aryl methyl sites for hydroxylation is 1. The monoisotopic (exact) mass is 657 g/mol. The number of nitrogens with zero attached hydrogens (tertiary/aromatic N) is 4. The zero-order chi connectivity index (χ0) is 33.8. The summed E-state index contributed by atoms with van der Waals surface area (Å²) in [5.41, 5.74) is 3.26. The molecular weight excluding hydrogens is 614 g/mol. The summed E-state index contributed by atoms with van der Waals surface area (Å²) in [5.74, 6) is 3.36. The van der Waals surface area contributed by atoms with Gasteiger partial charge in [0, 0.05) is 44.0 Å². The highest BCUT2D eigenvalue weighted by molar-refractivity contribution is 7.92. The van der Waals surface area contributed by atoms with Crippen LogP contribution in [0.3, 0.4) is 0 Å². The highest BCUT2D eigenvalue weighted by Gasteiger charge is 2.49. The molecule has 2 amide bonds. The Bertz CT molecular complexity index is 1830. The second-order valence-electron chi connectivity index (χ2n) is 12.5. The van der Waals surface area contributed by atoms with Crippen molar-refractivity contribution in [1.82, 2.24) is 15.0 Å². The van der Waals surface area contributed by atoms with Crippen molar-refractivity contribution in [2.75, 3.05) is 11.8 Å². The van der Waals surface area contributed by atoms with Gasteiger partial charge in [0.15, 0.2) is 0 Å². The Kier molecular flexibility index (Phi) is 10.2. The molecule has 0 saturated heterocycles. The van der Waals surface area contributed by atoms with Crippen LogP contribution in [0.25, 0.3) is 11.1 Å². The van der Waals surface area contributed by atoms with Crippen LogP contribution in [0.1, 0.15) is 87.1 Å². The van der Waals surface area contributed by atoms with Crippen molar-refractivity contribution < 1.29 is 22.5 Å². The van der Waals surface area contributed by atoms with E-state index in [4.69, 9.17) is 15.9 Å². The molecule has 1 fully saturated rings. The molecule has 2 heterocycles. The summed E-state index contributed by atoms with van der Waals surface area (Å²) in [6, 6.07) is 12.5. The normalized spacial score (nSPS) is 15.6. The number of aromatic nitrogens is 1. The van der Waals surface area contributed by atoms with E-state index in [-0.39, 0.29) is 35.6 Å². The minimum absolute atomic E-state index is 0.0515. The maximum absolute atomic E-state index is 13.8. The molecule has 1 aromatic heterocycles. The van der Waals surface area contributed by atoms with Crippen LogP contribution in [0.15, 0.2) is 56.9 Å². The lowest BCUT2D eigenvalue weighted by Gasteiger charge is -2.24. The zero-order valence-electron chi connectivity index (χ0n) is 27.6. The summed E-state index contributed by atoms with van der Waals surface area (Å²) < 4.78 is 35.3. The molecule has 5 rings (SSSR count). The lowest BCUT2D eigenvalue weighted by Crippen LogP contribution is -2.40. The summed E-state index contributed by atoms with van der Waals surface area (Å²) in [5, 5.41) is 3.87. The fraction of sp³-hybridized carbons (Fsp3) is 0.444. The van der Waals surface area contributed by atoms with Crippen molar-refractivity contribution in [2.24, 2.45) is 4.99 Å². The number of amidine groups is 1. The van der Waals surface area contributed by atoms with Crippen LogP contribution in [-0.2, 0) is 32.7 Å². The van der Waals surface area contributed by atoms with Crippen molar-refractivity contribution in [3.63, 3.8) is 0 Å². The molecule has 1 aliphatic carbocycles. The third-order valence-corrected chi connectivity index (χ3v) is 10.5. The van der Waals surface area contributed by atoms with Gasteiger partial charge < -0.3 is 9.42 Å². The van der Waals surface area contributed by atoms with E-state index < -0.39 is 15.6 Å². The van der Waals surface area contributed by atoms with E-state index in [0.717, 1.165) is 61.9 Å². The van der Waals surface area contributed by atoms with Crippen LogP contribution in [0, 0.1) is 26.2 Å². The summed E-state index contributed by atoms with van der Waals surface area (Å²) in [6.07, 6.45) is 12.2. The third-order valence-electron chi connectivity index (χ3n) is 9.16. The van der Waals surface area contributed by atoms with Crippen molar-refractivity contribution in [3.05, 3.63) is 64.8 Å². The second kappa shape index (κ2) is 14.1.